The summed E-state index contributed by atoms with van der Waals surface area (Å²) >= 11 is 3.41. The van der Waals surface area contributed by atoms with Crippen LogP contribution in [0.4, 0.5) is 0 Å². The van der Waals surface area contributed by atoms with Gasteiger partial charge in [0.15, 0.2) is 5.78 Å². The summed E-state index contributed by atoms with van der Waals surface area (Å²) in [5.74, 6) is -0.0824. The van der Waals surface area contributed by atoms with Crippen LogP contribution in [0.1, 0.15) is 68.3 Å². The molecule has 2 rings (SSSR count). The van der Waals surface area contributed by atoms with Crippen molar-refractivity contribution >= 4 is 27.7 Å². The molecule has 1 aromatic rings. The predicted octanol–water partition coefficient (Wildman–Crippen LogP) is 5.04. The Balaban J connectivity index is 1.99. The monoisotopic (exact) mass is 380 g/mol. The molecular formula is C19H25BrO3. The molecule has 0 aromatic heterocycles. The van der Waals surface area contributed by atoms with E-state index in [4.69, 9.17) is 5.11 Å². The summed E-state index contributed by atoms with van der Waals surface area (Å²) in [5.41, 5.74) is 1.99. The maximum Gasteiger partial charge on any atom is 0.306 e. The van der Waals surface area contributed by atoms with E-state index in [1.165, 1.54) is 5.56 Å². The van der Waals surface area contributed by atoms with Crippen molar-refractivity contribution in [2.24, 2.45) is 11.8 Å². The number of hydrogen-bond donors (Lipinski definition) is 1. The van der Waals surface area contributed by atoms with Crippen LogP contribution < -0.4 is 0 Å². The Morgan fingerprint density at radius 2 is 1.65 bits per heavy atom. The van der Waals surface area contributed by atoms with E-state index in [2.05, 4.69) is 28.1 Å². The summed E-state index contributed by atoms with van der Waals surface area (Å²) in [5, 5.41) is 9.13. The molecule has 23 heavy (non-hydrogen) atoms. The Bertz CT molecular complexity index is 563. The van der Waals surface area contributed by atoms with Crippen molar-refractivity contribution in [2.75, 3.05) is 0 Å². The minimum atomic E-state index is -0.686. The highest BCUT2D eigenvalue weighted by Gasteiger charge is 2.30. The molecule has 126 valence electrons. The Morgan fingerprint density at radius 3 is 2.09 bits per heavy atom. The van der Waals surface area contributed by atoms with Gasteiger partial charge in [-0.3, -0.25) is 9.59 Å². The van der Waals surface area contributed by atoms with E-state index in [1.54, 1.807) is 0 Å². The van der Waals surface area contributed by atoms with Crippen LogP contribution >= 0.6 is 15.9 Å². The highest BCUT2D eigenvalue weighted by molar-refractivity contribution is 9.10. The van der Waals surface area contributed by atoms with Crippen LogP contribution in [0.15, 0.2) is 24.3 Å². The van der Waals surface area contributed by atoms with Gasteiger partial charge in [0.1, 0.15) is 0 Å². The zero-order chi connectivity index (χ0) is 17.2. The first-order valence-corrected chi connectivity index (χ1v) is 9.06. The van der Waals surface area contributed by atoms with Gasteiger partial charge >= 0.3 is 5.97 Å². The second-order valence-corrected chi connectivity index (χ2v) is 9.14. The standard InChI is InChI=1S/C19H25BrO3/c1-12(18(22)23)13-4-6-14(7-5-13)15-8-10-16(11-9-15)17(21)19(2,3)20/h8-14H,4-7H2,1-3H3,(H,22,23)/t12-,13?,14?/m1/s1. The SMILES string of the molecule is C[C@@H](C(=O)O)C1CCC(c2ccc(C(=O)C(C)(C)Br)cc2)CC1. The van der Waals surface area contributed by atoms with Crippen molar-refractivity contribution in [3.63, 3.8) is 0 Å². The lowest BCUT2D eigenvalue weighted by Gasteiger charge is -2.31. The van der Waals surface area contributed by atoms with Gasteiger partial charge in [-0.05, 0) is 56.9 Å². The van der Waals surface area contributed by atoms with Gasteiger partial charge < -0.3 is 5.11 Å². The quantitative estimate of drug-likeness (QED) is 0.574. The van der Waals surface area contributed by atoms with E-state index in [0.717, 1.165) is 31.2 Å². The summed E-state index contributed by atoms with van der Waals surface area (Å²) in [7, 11) is 0. The predicted molar refractivity (Wildman–Crippen MR) is 95.3 cm³/mol. The van der Waals surface area contributed by atoms with Gasteiger partial charge in [0, 0.05) is 5.56 Å². The number of carboxylic acid groups (broad SMARTS) is 1. The number of Topliss-reactive ketones (excluding diaryl/α,β-unsaturated/α-hetero) is 1. The molecule has 1 aliphatic carbocycles. The van der Waals surface area contributed by atoms with Crippen molar-refractivity contribution in [2.45, 2.75) is 56.7 Å². The summed E-state index contributed by atoms with van der Waals surface area (Å²) in [6.07, 6.45) is 3.99. The molecule has 1 aromatic carbocycles. The van der Waals surface area contributed by atoms with E-state index < -0.39 is 10.3 Å². The number of benzene rings is 1. The van der Waals surface area contributed by atoms with Gasteiger partial charge in [-0.1, -0.05) is 47.1 Å². The van der Waals surface area contributed by atoms with Crippen LogP contribution in [0, 0.1) is 11.8 Å². The Kier molecular flexibility index (Phi) is 5.66. The molecule has 0 saturated heterocycles. The minimum absolute atomic E-state index is 0.0861. The number of alkyl halides is 1. The molecule has 1 N–H and O–H groups in total. The maximum atomic E-state index is 12.2. The first-order chi connectivity index (χ1) is 10.7. The fraction of sp³-hybridized carbons (Fsp3) is 0.579. The fourth-order valence-electron chi connectivity index (χ4n) is 3.40. The first kappa shape index (κ1) is 18.2. The van der Waals surface area contributed by atoms with E-state index >= 15 is 0 Å². The second-order valence-electron chi connectivity index (χ2n) is 7.16. The summed E-state index contributed by atoms with van der Waals surface area (Å²) in [4.78, 5) is 23.3. The van der Waals surface area contributed by atoms with Gasteiger partial charge in [-0.2, -0.15) is 0 Å². The number of carbonyl (C=O) groups excluding carboxylic acids is 1. The van der Waals surface area contributed by atoms with Crippen LogP contribution in [0.25, 0.3) is 0 Å². The highest BCUT2D eigenvalue weighted by Crippen LogP contribution is 2.39. The molecule has 0 spiro atoms. The van der Waals surface area contributed by atoms with Crippen LogP contribution in [0.2, 0.25) is 0 Å². The molecule has 0 amide bonds. The number of aliphatic carboxylic acids is 1. The van der Waals surface area contributed by atoms with Crippen molar-refractivity contribution in [1.29, 1.82) is 0 Å². The van der Waals surface area contributed by atoms with E-state index in [9.17, 15) is 9.59 Å². The molecule has 0 radical (unpaired) electrons. The van der Waals surface area contributed by atoms with Gasteiger partial charge in [-0.15, -0.1) is 0 Å². The summed E-state index contributed by atoms with van der Waals surface area (Å²) < 4.78 is -0.542. The topological polar surface area (TPSA) is 54.4 Å². The zero-order valence-electron chi connectivity index (χ0n) is 14.0. The van der Waals surface area contributed by atoms with Crippen LogP contribution in [0.3, 0.4) is 0 Å². The second kappa shape index (κ2) is 7.16. The van der Waals surface area contributed by atoms with Crippen molar-refractivity contribution < 1.29 is 14.7 Å². The third kappa shape index (κ3) is 4.43. The molecule has 3 nitrogen and oxygen atoms in total. The van der Waals surface area contributed by atoms with Crippen molar-refractivity contribution in [3.05, 3.63) is 35.4 Å². The first-order valence-electron chi connectivity index (χ1n) is 8.26. The largest absolute Gasteiger partial charge is 0.481 e. The molecule has 1 fully saturated rings. The number of halogens is 1. The number of ketones is 1. The summed E-state index contributed by atoms with van der Waals surface area (Å²) in [6.45, 7) is 5.53. The number of carbonyl (C=O) groups is 2. The van der Waals surface area contributed by atoms with E-state index in [1.807, 2.05) is 32.9 Å². The van der Waals surface area contributed by atoms with Crippen molar-refractivity contribution in [1.82, 2.24) is 0 Å². The molecule has 1 aliphatic rings. The van der Waals surface area contributed by atoms with Crippen LogP contribution in [-0.4, -0.2) is 21.2 Å². The number of carboxylic acids is 1. The van der Waals surface area contributed by atoms with E-state index in [0.29, 0.717) is 11.8 Å². The molecular weight excluding hydrogens is 356 g/mol. The maximum absolute atomic E-state index is 12.2. The Morgan fingerprint density at radius 1 is 1.13 bits per heavy atom. The Labute approximate surface area is 146 Å². The van der Waals surface area contributed by atoms with Crippen LogP contribution in [0.5, 0.6) is 0 Å². The normalized spacial score (nSPS) is 23.3. The van der Waals surface area contributed by atoms with Crippen LogP contribution in [-0.2, 0) is 4.79 Å². The lowest BCUT2D eigenvalue weighted by molar-refractivity contribution is -0.143. The average molecular weight is 381 g/mol. The molecule has 4 heteroatoms. The van der Waals surface area contributed by atoms with Crippen molar-refractivity contribution in [3.8, 4) is 0 Å². The third-order valence-corrected chi connectivity index (χ3v) is 5.41. The Hall–Kier alpha value is -1.16. The highest BCUT2D eigenvalue weighted by atomic mass is 79.9. The summed E-state index contributed by atoms with van der Waals surface area (Å²) in [6, 6.07) is 7.93. The van der Waals surface area contributed by atoms with Gasteiger partial charge in [0.2, 0.25) is 0 Å². The number of hydrogen-bond acceptors (Lipinski definition) is 2. The fourth-order valence-corrected chi connectivity index (χ4v) is 3.63. The smallest absolute Gasteiger partial charge is 0.306 e. The lowest BCUT2D eigenvalue weighted by atomic mass is 9.74. The average Bonchev–Trinajstić information content (AvgIpc) is 2.53. The molecule has 0 heterocycles. The molecule has 1 atom stereocenters. The lowest BCUT2D eigenvalue weighted by Crippen LogP contribution is -2.25. The van der Waals surface area contributed by atoms with Gasteiger partial charge in [0.05, 0.1) is 10.2 Å². The zero-order valence-corrected chi connectivity index (χ0v) is 15.6. The molecule has 0 unspecified atom stereocenters. The van der Waals surface area contributed by atoms with Gasteiger partial charge in [-0.25, -0.2) is 0 Å². The molecule has 0 bridgehead atoms. The number of rotatable bonds is 5. The van der Waals surface area contributed by atoms with Gasteiger partial charge in [0.25, 0.3) is 0 Å². The van der Waals surface area contributed by atoms with E-state index in [-0.39, 0.29) is 11.7 Å². The molecule has 0 aliphatic heterocycles. The molecule has 1 saturated carbocycles. The minimum Gasteiger partial charge on any atom is -0.481 e. The third-order valence-electron chi connectivity index (χ3n) is 5.05.